The Labute approximate surface area is 198 Å². The van der Waals surface area contributed by atoms with Crippen LogP contribution in [0, 0.1) is 5.92 Å². The smallest absolute Gasteiger partial charge is 0.282 e. The number of carbonyl (C=O) groups is 2. The molecule has 1 aliphatic heterocycles. The zero-order valence-electron chi connectivity index (χ0n) is 20.1. The second-order valence-electron chi connectivity index (χ2n) is 9.55. The van der Waals surface area contributed by atoms with Crippen molar-refractivity contribution >= 4 is 22.0 Å². The Morgan fingerprint density at radius 1 is 1.03 bits per heavy atom. The van der Waals surface area contributed by atoms with Crippen LogP contribution in [0.5, 0.6) is 0 Å². The van der Waals surface area contributed by atoms with E-state index in [1.54, 1.807) is 11.9 Å². The molecule has 1 unspecified atom stereocenters. The van der Waals surface area contributed by atoms with Gasteiger partial charge >= 0.3 is 0 Å². The van der Waals surface area contributed by atoms with E-state index in [1.165, 1.54) is 15.0 Å². The molecule has 1 heterocycles. The first-order valence-corrected chi connectivity index (χ1v) is 13.5. The van der Waals surface area contributed by atoms with E-state index in [9.17, 15) is 18.0 Å². The van der Waals surface area contributed by atoms with Crippen LogP contribution in [0.25, 0.3) is 0 Å². The van der Waals surface area contributed by atoms with E-state index in [0.29, 0.717) is 19.5 Å². The third-order valence-corrected chi connectivity index (χ3v) is 8.65. The summed E-state index contributed by atoms with van der Waals surface area (Å²) < 4.78 is 29.3. The van der Waals surface area contributed by atoms with E-state index in [4.69, 9.17) is 0 Å². The molecule has 1 aromatic rings. The standard InChI is InChI=1S/C24H38N4O4S/c1-19(2)18-22(29)25-23(20-10-6-4-7-11-20)24(30)27-14-16-28(17-15-27)33(31,32)26(3)21-12-8-5-9-13-21/h4,6-7,10-11,19,21,23H,5,8-9,12-18H2,1-3H3,(H,25,29). The molecule has 0 aromatic heterocycles. The average molecular weight is 479 g/mol. The minimum atomic E-state index is -3.56. The quantitative estimate of drug-likeness (QED) is 0.622. The van der Waals surface area contributed by atoms with Gasteiger partial charge in [-0.25, -0.2) is 0 Å². The van der Waals surface area contributed by atoms with Crippen LogP contribution < -0.4 is 5.32 Å². The first-order chi connectivity index (χ1) is 15.7. The summed E-state index contributed by atoms with van der Waals surface area (Å²) in [6, 6.07) is 8.50. The fraction of sp³-hybridized carbons (Fsp3) is 0.667. The lowest BCUT2D eigenvalue weighted by molar-refractivity contribution is -0.137. The summed E-state index contributed by atoms with van der Waals surface area (Å²) in [5.74, 6) is -0.176. The predicted molar refractivity (Wildman–Crippen MR) is 128 cm³/mol. The van der Waals surface area contributed by atoms with Gasteiger partial charge in [0.1, 0.15) is 6.04 Å². The number of nitrogens with zero attached hydrogens (tertiary/aromatic N) is 3. The summed E-state index contributed by atoms with van der Waals surface area (Å²) >= 11 is 0. The molecule has 3 rings (SSSR count). The van der Waals surface area contributed by atoms with Crippen LogP contribution in [0.4, 0.5) is 0 Å². The molecule has 1 N–H and O–H groups in total. The molecule has 0 radical (unpaired) electrons. The first-order valence-electron chi connectivity index (χ1n) is 12.1. The van der Waals surface area contributed by atoms with Gasteiger partial charge in [0.2, 0.25) is 11.8 Å². The minimum absolute atomic E-state index is 0.0574. The highest BCUT2D eigenvalue weighted by atomic mass is 32.2. The highest BCUT2D eigenvalue weighted by Crippen LogP contribution is 2.26. The zero-order chi connectivity index (χ0) is 24.0. The Hall–Kier alpha value is -1.97. The summed E-state index contributed by atoms with van der Waals surface area (Å²) in [6.45, 7) is 5.05. The molecule has 0 spiro atoms. The average Bonchev–Trinajstić information content (AvgIpc) is 2.82. The molecule has 1 aliphatic carbocycles. The third kappa shape index (κ3) is 6.55. The van der Waals surface area contributed by atoms with Crippen molar-refractivity contribution in [3.8, 4) is 0 Å². The second-order valence-corrected chi connectivity index (χ2v) is 11.5. The maximum Gasteiger partial charge on any atom is 0.282 e. The van der Waals surface area contributed by atoms with Gasteiger partial charge in [-0.3, -0.25) is 9.59 Å². The monoisotopic (exact) mass is 478 g/mol. The van der Waals surface area contributed by atoms with E-state index in [0.717, 1.165) is 31.2 Å². The van der Waals surface area contributed by atoms with Crippen molar-refractivity contribution in [1.29, 1.82) is 0 Å². The third-order valence-electron chi connectivity index (χ3n) is 6.61. The molecule has 2 amide bonds. The number of hydrogen-bond donors (Lipinski definition) is 1. The molecule has 8 nitrogen and oxygen atoms in total. The summed E-state index contributed by atoms with van der Waals surface area (Å²) in [4.78, 5) is 27.5. The van der Waals surface area contributed by atoms with Crippen LogP contribution in [-0.4, -0.2) is 73.0 Å². The highest BCUT2D eigenvalue weighted by molar-refractivity contribution is 7.86. The first kappa shape index (κ1) is 25.6. The second kappa shape index (κ2) is 11.4. The van der Waals surface area contributed by atoms with Gasteiger partial charge < -0.3 is 10.2 Å². The lowest BCUT2D eigenvalue weighted by atomic mass is 9.96. The molecule has 2 fully saturated rings. The van der Waals surface area contributed by atoms with Gasteiger partial charge in [0.05, 0.1) is 0 Å². The molecular weight excluding hydrogens is 440 g/mol. The fourth-order valence-electron chi connectivity index (χ4n) is 4.66. The van der Waals surface area contributed by atoms with E-state index in [-0.39, 0.29) is 36.9 Å². The number of hydrogen-bond acceptors (Lipinski definition) is 4. The molecule has 1 saturated carbocycles. The fourth-order valence-corrected chi connectivity index (χ4v) is 6.24. The lowest BCUT2D eigenvalue weighted by Gasteiger charge is -2.39. The van der Waals surface area contributed by atoms with Crippen molar-refractivity contribution in [3.63, 3.8) is 0 Å². The van der Waals surface area contributed by atoms with Crippen molar-refractivity contribution in [1.82, 2.24) is 18.8 Å². The maximum absolute atomic E-state index is 13.4. The topological polar surface area (TPSA) is 90.0 Å². The Bertz CT molecular complexity index is 892. The van der Waals surface area contributed by atoms with Gasteiger partial charge in [-0.2, -0.15) is 17.0 Å². The Balaban J connectivity index is 1.65. The van der Waals surface area contributed by atoms with Crippen LogP contribution in [-0.2, 0) is 19.8 Å². The van der Waals surface area contributed by atoms with Gasteiger partial charge in [0.15, 0.2) is 0 Å². The lowest BCUT2D eigenvalue weighted by Crippen LogP contribution is -2.56. The Morgan fingerprint density at radius 2 is 1.64 bits per heavy atom. The van der Waals surface area contributed by atoms with Crippen molar-refractivity contribution < 1.29 is 18.0 Å². The number of rotatable bonds is 8. The van der Waals surface area contributed by atoms with Crippen LogP contribution >= 0.6 is 0 Å². The molecular formula is C24H38N4O4S. The summed E-state index contributed by atoms with van der Waals surface area (Å²) in [5.41, 5.74) is 0.728. The molecule has 33 heavy (non-hydrogen) atoms. The van der Waals surface area contributed by atoms with E-state index < -0.39 is 16.3 Å². The number of benzene rings is 1. The molecule has 0 bridgehead atoms. The van der Waals surface area contributed by atoms with Crippen LogP contribution in [0.3, 0.4) is 0 Å². The predicted octanol–water partition coefficient (Wildman–Crippen LogP) is 2.54. The molecule has 1 atom stereocenters. The van der Waals surface area contributed by atoms with Gasteiger partial charge in [-0.15, -0.1) is 0 Å². The van der Waals surface area contributed by atoms with Gasteiger partial charge in [-0.1, -0.05) is 63.4 Å². The number of carbonyl (C=O) groups excluding carboxylic acids is 2. The molecule has 1 saturated heterocycles. The van der Waals surface area contributed by atoms with Crippen LogP contribution in [0.1, 0.15) is 64.0 Å². The Morgan fingerprint density at radius 3 is 2.21 bits per heavy atom. The summed E-state index contributed by atoms with van der Waals surface area (Å²) in [6.07, 6.45) is 5.45. The van der Waals surface area contributed by atoms with Crippen LogP contribution in [0.15, 0.2) is 30.3 Å². The normalized spacial score (nSPS) is 19.6. The van der Waals surface area contributed by atoms with E-state index in [1.807, 2.05) is 44.2 Å². The minimum Gasteiger partial charge on any atom is -0.341 e. The van der Waals surface area contributed by atoms with Crippen molar-refractivity contribution in [2.24, 2.45) is 5.92 Å². The number of nitrogens with one attached hydrogen (secondary N) is 1. The number of amides is 2. The summed E-state index contributed by atoms with van der Waals surface area (Å²) in [5, 5.41) is 2.89. The largest absolute Gasteiger partial charge is 0.341 e. The number of piperazine rings is 1. The van der Waals surface area contributed by atoms with Crippen molar-refractivity contribution in [2.45, 2.75) is 64.5 Å². The Kier molecular flexibility index (Phi) is 8.89. The van der Waals surface area contributed by atoms with Crippen LogP contribution in [0.2, 0.25) is 0 Å². The van der Waals surface area contributed by atoms with Gasteiger partial charge in [-0.05, 0) is 24.3 Å². The van der Waals surface area contributed by atoms with Crippen molar-refractivity contribution in [2.75, 3.05) is 33.2 Å². The molecule has 9 heteroatoms. The van der Waals surface area contributed by atoms with E-state index >= 15 is 0 Å². The zero-order valence-corrected chi connectivity index (χ0v) is 20.9. The van der Waals surface area contributed by atoms with Gasteiger partial charge in [0.25, 0.3) is 10.2 Å². The molecule has 1 aromatic carbocycles. The SMILES string of the molecule is CC(C)CC(=O)NC(C(=O)N1CCN(S(=O)(=O)N(C)C2CCCCC2)CC1)c1ccccc1. The van der Waals surface area contributed by atoms with E-state index in [2.05, 4.69) is 5.32 Å². The molecule has 184 valence electrons. The highest BCUT2D eigenvalue weighted by Gasteiger charge is 2.37. The summed E-state index contributed by atoms with van der Waals surface area (Å²) in [7, 11) is -1.88. The van der Waals surface area contributed by atoms with Crippen molar-refractivity contribution in [3.05, 3.63) is 35.9 Å². The van der Waals surface area contributed by atoms with Gasteiger partial charge in [0, 0.05) is 45.7 Å². The maximum atomic E-state index is 13.4. The molecule has 2 aliphatic rings.